The Hall–Kier alpha value is -2.98. The second kappa shape index (κ2) is 13.2. The van der Waals surface area contributed by atoms with Gasteiger partial charge in [0.15, 0.2) is 11.5 Å². The number of halogens is 1. The Balaban J connectivity index is 1.96. The fraction of sp³-hybridized carbons (Fsp3) is 0.481. The highest BCUT2D eigenvalue weighted by molar-refractivity contribution is 7.92. The number of hydrogen-bond acceptors (Lipinski definition) is 6. The first-order chi connectivity index (χ1) is 18.1. The molecule has 3 rings (SSSR count). The van der Waals surface area contributed by atoms with Gasteiger partial charge < -0.3 is 19.7 Å². The highest BCUT2D eigenvalue weighted by Gasteiger charge is 2.33. The van der Waals surface area contributed by atoms with Gasteiger partial charge in [-0.15, -0.1) is 0 Å². The largest absolute Gasteiger partial charge is 0.493 e. The first-order valence-electron chi connectivity index (χ1n) is 12.6. The number of nitrogens with one attached hydrogen (secondary N) is 1. The Morgan fingerprint density at radius 2 is 1.74 bits per heavy atom. The summed E-state index contributed by atoms with van der Waals surface area (Å²) in [5.41, 5.74) is 0.895. The SMILES string of the molecule is CCC(C(=O)NC1CCCC1)N(Cc1ccccc1Cl)C(=O)CN(c1ccc(OC)c(OC)c1)S(C)(=O)=O. The summed E-state index contributed by atoms with van der Waals surface area (Å²) in [5.74, 6) is -0.0391. The number of amides is 2. The molecule has 0 spiro atoms. The minimum absolute atomic E-state index is 0.0542. The Labute approximate surface area is 230 Å². The molecule has 2 aromatic rings. The number of ether oxygens (including phenoxy) is 2. The number of hydrogen-bond donors (Lipinski definition) is 1. The molecule has 0 radical (unpaired) electrons. The van der Waals surface area contributed by atoms with Crippen molar-refractivity contribution in [1.29, 1.82) is 0 Å². The van der Waals surface area contributed by atoms with E-state index in [9.17, 15) is 18.0 Å². The van der Waals surface area contributed by atoms with Crippen LogP contribution < -0.4 is 19.1 Å². The molecule has 38 heavy (non-hydrogen) atoms. The summed E-state index contributed by atoms with van der Waals surface area (Å²) >= 11 is 6.40. The number of benzene rings is 2. The Bertz CT molecular complexity index is 1230. The van der Waals surface area contributed by atoms with E-state index in [1.165, 1.54) is 31.3 Å². The van der Waals surface area contributed by atoms with Gasteiger partial charge in [-0.1, -0.05) is 49.6 Å². The molecule has 1 N–H and O–H groups in total. The van der Waals surface area contributed by atoms with Crippen molar-refractivity contribution in [2.24, 2.45) is 0 Å². The van der Waals surface area contributed by atoms with E-state index in [2.05, 4.69) is 5.32 Å². The summed E-state index contributed by atoms with van der Waals surface area (Å²) in [6.07, 6.45) is 5.30. The predicted molar refractivity (Wildman–Crippen MR) is 148 cm³/mol. The number of carbonyl (C=O) groups excluding carboxylic acids is 2. The van der Waals surface area contributed by atoms with Crippen LogP contribution in [0.2, 0.25) is 5.02 Å². The van der Waals surface area contributed by atoms with Crippen LogP contribution in [-0.4, -0.2) is 64.2 Å². The van der Waals surface area contributed by atoms with Crippen LogP contribution in [0.15, 0.2) is 42.5 Å². The van der Waals surface area contributed by atoms with Gasteiger partial charge in [-0.2, -0.15) is 0 Å². The Kier molecular flexibility index (Phi) is 10.3. The third kappa shape index (κ3) is 7.32. The standard InChI is InChI=1S/C27H36ClN3O6S/c1-5-23(27(33)29-20-11-7-8-12-20)30(17-19-10-6-9-13-22(19)28)26(32)18-31(38(4,34)35)21-14-15-24(36-2)25(16-21)37-3/h6,9-10,13-16,20,23H,5,7-8,11-12,17-18H2,1-4H3,(H,29,33). The fourth-order valence-corrected chi connectivity index (χ4v) is 5.73. The van der Waals surface area contributed by atoms with Gasteiger partial charge in [0.2, 0.25) is 21.8 Å². The molecule has 0 heterocycles. The maximum atomic E-state index is 13.8. The third-order valence-electron chi connectivity index (χ3n) is 6.72. The summed E-state index contributed by atoms with van der Waals surface area (Å²) in [7, 11) is -0.963. The first kappa shape index (κ1) is 29.6. The molecule has 2 amide bonds. The normalized spacial score (nSPS) is 14.6. The van der Waals surface area contributed by atoms with Crippen LogP contribution in [-0.2, 0) is 26.2 Å². The lowest BCUT2D eigenvalue weighted by Gasteiger charge is -2.33. The van der Waals surface area contributed by atoms with Crippen molar-refractivity contribution in [2.75, 3.05) is 31.3 Å². The molecule has 9 nitrogen and oxygen atoms in total. The topological polar surface area (TPSA) is 105 Å². The van der Waals surface area contributed by atoms with Gasteiger partial charge in [0, 0.05) is 23.7 Å². The molecule has 1 unspecified atom stereocenters. The molecular formula is C27H36ClN3O6S. The molecule has 208 valence electrons. The first-order valence-corrected chi connectivity index (χ1v) is 14.8. The molecule has 1 saturated carbocycles. The van der Waals surface area contributed by atoms with Crippen molar-refractivity contribution < 1.29 is 27.5 Å². The van der Waals surface area contributed by atoms with E-state index < -0.39 is 28.5 Å². The summed E-state index contributed by atoms with van der Waals surface area (Å²) < 4.78 is 37.3. The van der Waals surface area contributed by atoms with E-state index in [4.69, 9.17) is 21.1 Å². The van der Waals surface area contributed by atoms with Crippen LogP contribution >= 0.6 is 11.6 Å². The van der Waals surface area contributed by atoms with Crippen LogP contribution in [0.25, 0.3) is 0 Å². The number of sulfonamides is 1. The number of carbonyl (C=O) groups is 2. The van der Waals surface area contributed by atoms with E-state index in [0.29, 0.717) is 28.5 Å². The van der Waals surface area contributed by atoms with Crippen molar-refractivity contribution in [3.05, 3.63) is 53.1 Å². The monoisotopic (exact) mass is 565 g/mol. The van der Waals surface area contributed by atoms with E-state index in [1.54, 1.807) is 30.3 Å². The van der Waals surface area contributed by atoms with Gasteiger partial charge in [0.05, 0.1) is 26.2 Å². The zero-order valence-electron chi connectivity index (χ0n) is 22.3. The molecule has 1 atom stereocenters. The van der Waals surface area contributed by atoms with Crippen LogP contribution in [0, 0.1) is 0 Å². The second-order valence-electron chi connectivity index (χ2n) is 9.34. The molecular weight excluding hydrogens is 530 g/mol. The van der Waals surface area contributed by atoms with Gasteiger partial charge in [-0.25, -0.2) is 8.42 Å². The molecule has 2 aromatic carbocycles. The van der Waals surface area contributed by atoms with Crippen molar-refractivity contribution in [1.82, 2.24) is 10.2 Å². The van der Waals surface area contributed by atoms with Crippen LogP contribution in [0.3, 0.4) is 0 Å². The molecule has 0 aromatic heterocycles. The van der Waals surface area contributed by atoms with Crippen molar-refractivity contribution in [2.45, 2.75) is 57.7 Å². The number of methoxy groups -OCH3 is 2. The van der Waals surface area contributed by atoms with Crippen molar-refractivity contribution in [3.8, 4) is 11.5 Å². The molecule has 0 saturated heterocycles. The molecule has 0 aliphatic heterocycles. The third-order valence-corrected chi connectivity index (χ3v) is 8.23. The minimum atomic E-state index is -3.88. The van der Waals surface area contributed by atoms with Gasteiger partial charge >= 0.3 is 0 Å². The highest BCUT2D eigenvalue weighted by atomic mass is 35.5. The summed E-state index contributed by atoms with van der Waals surface area (Å²) in [4.78, 5) is 28.6. The molecule has 1 fully saturated rings. The molecule has 1 aliphatic carbocycles. The van der Waals surface area contributed by atoms with E-state index in [1.807, 2.05) is 6.92 Å². The van der Waals surface area contributed by atoms with Crippen molar-refractivity contribution in [3.63, 3.8) is 0 Å². The van der Waals surface area contributed by atoms with Gasteiger partial charge in [-0.05, 0) is 43.0 Å². The van der Waals surface area contributed by atoms with Gasteiger partial charge in [0.1, 0.15) is 12.6 Å². The highest BCUT2D eigenvalue weighted by Crippen LogP contribution is 2.32. The summed E-state index contributed by atoms with van der Waals surface area (Å²) in [5, 5.41) is 3.54. The van der Waals surface area contributed by atoms with Gasteiger partial charge in [-0.3, -0.25) is 13.9 Å². The number of anilines is 1. The smallest absolute Gasteiger partial charge is 0.244 e. The maximum absolute atomic E-state index is 13.8. The van der Waals surface area contributed by atoms with Crippen molar-refractivity contribution >= 4 is 39.1 Å². The zero-order chi connectivity index (χ0) is 27.9. The lowest BCUT2D eigenvalue weighted by Crippen LogP contribution is -2.53. The average molecular weight is 566 g/mol. The quantitative estimate of drug-likeness (QED) is 0.417. The number of nitrogens with zero attached hydrogens (tertiary/aromatic N) is 2. The minimum Gasteiger partial charge on any atom is -0.493 e. The molecule has 1 aliphatic rings. The average Bonchev–Trinajstić information content (AvgIpc) is 3.40. The summed E-state index contributed by atoms with van der Waals surface area (Å²) in [6.45, 7) is 1.37. The van der Waals surface area contributed by atoms with Crippen LogP contribution in [0.1, 0.15) is 44.6 Å². The van der Waals surface area contributed by atoms with Crippen LogP contribution in [0.5, 0.6) is 11.5 Å². The molecule has 0 bridgehead atoms. The van der Waals surface area contributed by atoms with Gasteiger partial charge in [0.25, 0.3) is 0 Å². The molecule has 11 heteroatoms. The Morgan fingerprint density at radius 1 is 1.08 bits per heavy atom. The second-order valence-corrected chi connectivity index (χ2v) is 11.6. The van der Waals surface area contributed by atoms with E-state index in [0.717, 1.165) is 36.2 Å². The number of rotatable bonds is 12. The van der Waals surface area contributed by atoms with E-state index in [-0.39, 0.29) is 24.2 Å². The Morgan fingerprint density at radius 3 is 2.32 bits per heavy atom. The summed E-state index contributed by atoms with van der Waals surface area (Å²) in [6, 6.07) is 11.0. The lowest BCUT2D eigenvalue weighted by molar-refractivity contribution is -0.140. The van der Waals surface area contributed by atoms with Crippen LogP contribution in [0.4, 0.5) is 5.69 Å². The zero-order valence-corrected chi connectivity index (χ0v) is 23.8. The van der Waals surface area contributed by atoms with E-state index >= 15 is 0 Å². The maximum Gasteiger partial charge on any atom is 0.244 e. The predicted octanol–water partition coefficient (Wildman–Crippen LogP) is 3.99. The lowest BCUT2D eigenvalue weighted by atomic mass is 10.1. The fourth-order valence-electron chi connectivity index (χ4n) is 4.69.